The monoisotopic (exact) mass is 518 g/mol. The Kier molecular flexibility index (Phi) is 6.52. The standard InChI is InChI=1S/C29H25F3N4O2/c1-3-35-27-23(18(2)34-36(27)22-15-8-5-9-16-22)24(19-11-6-4-7-12-19)25(28(35)38)33-26(37)20-13-10-14-21(17-20)29(30,31)32/h4-17,24-25H,3H2,1-2H3,(H,33,37)/t24-,25-/m0/s1. The van der Waals surface area contributed by atoms with Crippen molar-refractivity contribution >= 4 is 17.6 Å². The number of benzene rings is 3. The molecule has 0 saturated carbocycles. The van der Waals surface area contributed by atoms with Gasteiger partial charge in [-0.2, -0.15) is 18.3 Å². The van der Waals surface area contributed by atoms with Crippen molar-refractivity contribution in [2.75, 3.05) is 11.4 Å². The third-order valence-electron chi connectivity index (χ3n) is 6.73. The van der Waals surface area contributed by atoms with Crippen LogP contribution in [0.2, 0.25) is 0 Å². The molecule has 3 aromatic carbocycles. The molecule has 1 N–H and O–H groups in total. The molecule has 0 spiro atoms. The fourth-order valence-electron chi connectivity index (χ4n) is 5.01. The second-order valence-electron chi connectivity index (χ2n) is 9.07. The Bertz CT molecular complexity index is 1480. The molecular weight excluding hydrogens is 493 g/mol. The van der Waals surface area contributed by atoms with Crippen molar-refractivity contribution in [3.05, 3.63) is 113 Å². The molecule has 5 rings (SSSR count). The highest BCUT2D eigenvalue weighted by atomic mass is 19.4. The zero-order valence-electron chi connectivity index (χ0n) is 20.7. The van der Waals surface area contributed by atoms with Crippen LogP contribution in [0.1, 0.15) is 45.6 Å². The summed E-state index contributed by atoms with van der Waals surface area (Å²) < 4.78 is 41.6. The minimum absolute atomic E-state index is 0.176. The van der Waals surface area contributed by atoms with Gasteiger partial charge in [0.1, 0.15) is 11.9 Å². The third-order valence-corrected chi connectivity index (χ3v) is 6.73. The number of nitrogens with zero attached hydrogens (tertiary/aromatic N) is 3. The van der Waals surface area contributed by atoms with Crippen molar-refractivity contribution in [1.82, 2.24) is 15.1 Å². The van der Waals surface area contributed by atoms with E-state index in [9.17, 15) is 22.8 Å². The summed E-state index contributed by atoms with van der Waals surface area (Å²) in [5, 5.41) is 7.53. The molecule has 1 aromatic heterocycles. The third kappa shape index (κ3) is 4.44. The summed E-state index contributed by atoms with van der Waals surface area (Å²) in [5.41, 5.74) is 1.91. The first kappa shape index (κ1) is 25.3. The maximum Gasteiger partial charge on any atom is 0.416 e. The van der Waals surface area contributed by atoms with E-state index in [2.05, 4.69) is 5.32 Å². The normalized spacial score (nSPS) is 17.3. The van der Waals surface area contributed by atoms with Crippen LogP contribution >= 0.6 is 0 Å². The summed E-state index contributed by atoms with van der Waals surface area (Å²) in [6.07, 6.45) is -4.60. The number of halogens is 3. The van der Waals surface area contributed by atoms with Gasteiger partial charge in [-0.3, -0.25) is 14.5 Å². The van der Waals surface area contributed by atoms with Crippen molar-refractivity contribution in [1.29, 1.82) is 0 Å². The molecule has 2 heterocycles. The number of carbonyl (C=O) groups is 2. The Hall–Kier alpha value is -4.40. The number of amides is 2. The quantitative estimate of drug-likeness (QED) is 0.380. The van der Waals surface area contributed by atoms with Crippen LogP contribution in [-0.2, 0) is 11.0 Å². The summed E-state index contributed by atoms with van der Waals surface area (Å²) in [6.45, 7) is 3.98. The number of rotatable bonds is 5. The van der Waals surface area contributed by atoms with Crippen LogP contribution in [0.5, 0.6) is 0 Å². The number of para-hydroxylation sites is 1. The average molecular weight is 519 g/mol. The van der Waals surface area contributed by atoms with Crippen LogP contribution in [0, 0.1) is 6.92 Å². The van der Waals surface area contributed by atoms with E-state index in [1.54, 1.807) is 9.58 Å². The van der Waals surface area contributed by atoms with Crippen LogP contribution in [0.25, 0.3) is 5.69 Å². The van der Waals surface area contributed by atoms with Gasteiger partial charge in [-0.25, -0.2) is 4.68 Å². The Labute approximate surface area is 217 Å². The summed E-state index contributed by atoms with van der Waals surface area (Å²) in [6, 6.07) is 21.8. The average Bonchev–Trinajstić information content (AvgIpc) is 3.26. The van der Waals surface area contributed by atoms with Crippen LogP contribution in [-0.4, -0.2) is 34.2 Å². The molecule has 0 fully saturated rings. The van der Waals surface area contributed by atoms with Gasteiger partial charge in [0.15, 0.2) is 0 Å². The van der Waals surface area contributed by atoms with Gasteiger partial charge in [-0.15, -0.1) is 0 Å². The van der Waals surface area contributed by atoms with Crippen molar-refractivity contribution in [3.63, 3.8) is 0 Å². The fourth-order valence-corrected chi connectivity index (χ4v) is 5.01. The molecule has 9 heteroatoms. The zero-order chi connectivity index (χ0) is 27.0. The molecule has 194 valence electrons. The second kappa shape index (κ2) is 9.81. The first-order valence-electron chi connectivity index (χ1n) is 12.2. The van der Waals surface area contributed by atoms with E-state index in [-0.39, 0.29) is 11.5 Å². The minimum Gasteiger partial charge on any atom is -0.339 e. The molecule has 0 unspecified atom stereocenters. The second-order valence-corrected chi connectivity index (χ2v) is 9.07. The Morgan fingerprint density at radius 1 is 0.974 bits per heavy atom. The van der Waals surface area contributed by atoms with Crippen molar-refractivity contribution < 1.29 is 22.8 Å². The molecule has 2 amide bonds. The Balaban J connectivity index is 1.64. The van der Waals surface area contributed by atoms with Gasteiger partial charge in [0.25, 0.3) is 11.8 Å². The number of nitrogens with one attached hydrogen (secondary N) is 1. The largest absolute Gasteiger partial charge is 0.416 e. The lowest BCUT2D eigenvalue weighted by molar-refractivity contribution is -0.137. The fraction of sp³-hybridized carbons (Fsp3) is 0.207. The molecule has 6 nitrogen and oxygen atoms in total. The predicted octanol–water partition coefficient (Wildman–Crippen LogP) is 5.50. The smallest absolute Gasteiger partial charge is 0.339 e. The van der Waals surface area contributed by atoms with Gasteiger partial charge in [0, 0.05) is 23.6 Å². The first-order chi connectivity index (χ1) is 18.2. The number of anilines is 1. The van der Waals surface area contributed by atoms with E-state index < -0.39 is 29.6 Å². The number of hydrogen-bond donors (Lipinski definition) is 1. The van der Waals surface area contributed by atoms with Gasteiger partial charge in [0.05, 0.1) is 16.9 Å². The lowest BCUT2D eigenvalue weighted by Gasteiger charge is -2.38. The first-order valence-corrected chi connectivity index (χ1v) is 12.2. The minimum atomic E-state index is -4.60. The molecule has 1 aliphatic rings. The highest BCUT2D eigenvalue weighted by molar-refractivity contribution is 6.05. The summed E-state index contributed by atoms with van der Waals surface area (Å²) in [4.78, 5) is 28.8. The Morgan fingerprint density at radius 2 is 1.63 bits per heavy atom. The van der Waals surface area contributed by atoms with Crippen molar-refractivity contribution in [3.8, 4) is 5.69 Å². The highest BCUT2D eigenvalue weighted by Gasteiger charge is 2.45. The number of aryl methyl sites for hydroxylation is 1. The number of aromatic nitrogens is 2. The van der Waals surface area contributed by atoms with Crippen LogP contribution in [0.15, 0.2) is 84.9 Å². The molecule has 4 aromatic rings. The van der Waals surface area contributed by atoms with Gasteiger partial charge < -0.3 is 5.32 Å². The number of alkyl halides is 3. The molecule has 2 atom stereocenters. The summed E-state index contributed by atoms with van der Waals surface area (Å²) in [5.74, 6) is -1.12. The van der Waals surface area contributed by atoms with Gasteiger partial charge in [0.2, 0.25) is 0 Å². The van der Waals surface area contributed by atoms with E-state index in [0.717, 1.165) is 28.9 Å². The van der Waals surface area contributed by atoms with Crippen LogP contribution in [0.4, 0.5) is 19.0 Å². The lowest BCUT2D eigenvalue weighted by atomic mass is 9.81. The van der Waals surface area contributed by atoms with E-state index in [4.69, 9.17) is 5.10 Å². The van der Waals surface area contributed by atoms with Crippen molar-refractivity contribution in [2.24, 2.45) is 0 Å². The van der Waals surface area contributed by atoms with E-state index in [1.807, 2.05) is 74.5 Å². The van der Waals surface area contributed by atoms with Crippen LogP contribution in [0.3, 0.4) is 0 Å². The van der Waals surface area contributed by atoms with E-state index >= 15 is 0 Å². The molecule has 1 aliphatic heterocycles. The topological polar surface area (TPSA) is 67.2 Å². The predicted molar refractivity (Wildman–Crippen MR) is 137 cm³/mol. The molecule has 0 saturated heterocycles. The number of carbonyl (C=O) groups excluding carboxylic acids is 2. The molecule has 38 heavy (non-hydrogen) atoms. The lowest BCUT2D eigenvalue weighted by Crippen LogP contribution is -2.55. The van der Waals surface area contributed by atoms with E-state index in [0.29, 0.717) is 18.1 Å². The number of fused-ring (bicyclic) bond motifs is 1. The SMILES string of the molecule is CCN1C(=O)[C@@H](NC(=O)c2cccc(C(F)(F)F)c2)[C@@H](c2ccccc2)c2c(C)nn(-c3ccccc3)c21. The van der Waals surface area contributed by atoms with Crippen molar-refractivity contribution in [2.45, 2.75) is 32.0 Å². The Morgan fingerprint density at radius 3 is 2.26 bits per heavy atom. The molecule has 0 aliphatic carbocycles. The zero-order valence-corrected chi connectivity index (χ0v) is 20.7. The number of hydrogen-bond acceptors (Lipinski definition) is 3. The van der Waals surface area contributed by atoms with Gasteiger partial charge >= 0.3 is 6.18 Å². The maximum absolute atomic E-state index is 14.0. The molecular formula is C29H25F3N4O2. The number of likely N-dealkylation sites (N-methyl/N-ethyl adjacent to an activating group) is 1. The summed E-state index contributed by atoms with van der Waals surface area (Å²) in [7, 11) is 0. The van der Waals surface area contributed by atoms with Gasteiger partial charge in [-0.1, -0.05) is 54.6 Å². The molecule has 0 bridgehead atoms. The highest BCUT2D eigenvalue weighted by Crippen LogP contribution is 2.43. The van der Waals surface area contributed by atoms with Gasteiger partial charge in [-0.05, 0) is 49.7 Å². The maximum atomic E-state index is 14.0. The molecule has 0 radical (unpaired) electrons. The summed E-state index contributed by atoms with van der Waals surface area (Å²) >= 11 is 0. The van der Waals surface area contributed by atoms with Crippen LogP contribution < -0.4 is 10.2 Å². The van der Waals surface area contributed by atoms with E-state index in [1.165, 1.54) is 12.1 Å².